The molecule has 4 heteroatoms. The molecule has 0 unspecified atom stereocenters. The fourth-order valence-corrected chi connectivity index (χ4v) is 2.56. The lowest BCUT2D eigenvalue weighted by atomic mass is 10.2. The van der Waals surface area contributed by atoms with E-state index < -0.39 is 0 Å². The van der Waals surface area contributed by atoms with Gasteiger partial charge in [-0.15, -0.1) is 0 Å². The van der Waals surface area contributed by atoms with Crippen LogP contribution in [0, 0.1) is 13.8 Å². The van der Waals surface area contributed by atoms with Crippen molar-refractivity contribution in [2.24, 2.45) is 0 Å². The summed E-state index contributed by atoms with van der Waals surface area (Å²) in [6.45, 7) is 4.10. The molecule has 2 N–H and O–H groups in total. The molecule has 0 saturated heterocycles. The van der Waals surface area contributed by atoms with E-state index in [9.17, 15) is 0 Å². The molecule has 2 nitrogen and oxygen atoms in total. The van der Waals surface area contributed by atoms with Crippen molar-refractivity contribution in [2.75, 3.05) is 10.6 Å². The van der Waals surface area contributed by atoms with E-state index in [1.807, 2.05) is 36.4 Å². The summed E-state index contributed by atoms with van der Waals surface area (Å²) in [4.78, 5) is 1.44. The highest BCUT2D eigenvalue weighted by Crippen LogP contribution is 2.16. The fourth-order valence-electron chi connectivity index (χ4n) is 1.96. The first-order valence-corrected chi connectivity index (χ1v) is 7.59. The molecule has 0 saturated carbocycles. The Balaban J connectivity index is 1.93. The molecular weight excluding hydrogens is 296 g/mol. The van der Waals surface area contributed by atoms with Crippen LogP contribution in [0.4, 0.5) is 11.4 Å². The number of hydrogen-bond donors (Lipinski definition) is 2. The number of rotatable bonds is 4. The Hall–Kier alpha value is -1.78. The second kappa shape index (κ2) is 7.29. The Morgan fingerprint density at radius 1 is 0.762 bits per heavy atom. The zero-order chi connectivity index (χ0) is 15.2. The standard InChI is InChI=1S/C17H18N2S2/c1-12-7-3-5-9-14(12)18-16(20)11-17(21)19-15-10-6-4-8-13(15)2/h3-10H,11H2,1-2H3,(H,18,20)(H,19,21). The number of benzene rings is 2. The Labute approximate surface area is 136 Å². The molecule has 0 atom stereocenters. The van der Waals surface area contributed by atoms with Gasteiger partial charge in [-0.1, -0.05) is 60.8 Å². The molecule has 0 aliphatic heterocycles. The lowest BCUT2D eigenvalue weighted by Gasteiger charge is -2.13. The smallest absolute Gasteiger partial charge is 0.0865 e. The van der Waals surface area contributed by atoms with Gasteiger partial charge in [0.1, 0.15) is 0 Å². The number of thiocarbonyl (C=S) groups is 2. The summed E-state index contributed by atoms with van der Waals surface area (Å²) in [5.74, 6) is 0. The van der Waals surface area contributed by atoms with Gasteiger partial charge in [0.05, 0.1) is 9.98 Å². The van der Waals surface area contributed by atoms with E-state index in [-0.39, 0.29) is 0 Å². The van der Waals surface area contributed by atoms with E-state index in [0.29, 0.717) is 6.42 Å². The quantitative estimate of drug-likeness (QED) is 0.786. The molecule has 0 fully saturated rings. The summed E-state index contributed by atoms with van der Waals surface area (Å²) in [5.41, 5.74) is 4.39. The van der Waals surface area contributed by atoms with Gasteiger partial charge in [-0.05, 0) is 37.1 Å². The summed E-state index contributed by atoms with van der Waals surface area (Å²) in [6, 6.07) is 16.1. The highest BCUT2D eigenvalue weighted by atomic mass is 32.1. The van der Waals surface area contributed by atoms with Crippen LogP contribution >= 0.6 is 24.4 Å². The Morgan fingerprint density at radius 3 is 1.52 bits per heavy atom. The molecule has 108 valence electrons. The van der Waals surface area contributed by atoms with Gasteiger partial charge < -0.3 is 10.6 Å². The van der Waals surface area contributed by atoms with Gasteiger partial charge in [-0.2, -0.15) is 0 Å². The van der Waals surface area contributed by atoms with Crippen LogP contribution in [0.3, 0.4) is 0 Å². The van der Waals surface area contributed by atoms with E-state index in [0.717, 1.165) is 32.5 Å². The minimum absolute atomic E-state index is 0.535. The normalized spacial score (nSPS) is 10.0. The zero-order valence-electron chi connectivity index (χ0n) is 12.1. The molecule has 0 aliphatic rings. The van der Waals surface area contributed by atoms with E-state index in [1.165, 1.54) is 0 Å². The van der Waals surface area contributed by atoms with Crippen LogP contribution in [0.5, 0.6) is 0 Å². The van der Waals surface area contributed by atoms with Gasteiger partial charge in [0, 0.05) is 17.8 Å². The average molecular weight is 314 g/mol. The molecular formula is C17H18N2S2. The first kappa shape index (κ1) is 15.6. The summed E-state index contributed by atoms with van der Waals surface area (Å²) in [5, 5.41) is 6.49. The minimum Gasteiger partial charge on any atom is -0.349 e. The predicted molar refractivity (Wildman–Crippen MR) is 99.4 cm³/mol. The van der Waals surface area contributed by atoms with E-state index in [2.05, 4.69) is 36.6 Å². The maximum absolute atomic E-state index is 5.38. The first-order valence-electron chi connectivity index (χ1n) is 6.77. The molecule has 21 heavy (non-hydrogen) atoms. The van der Waals surface area contributed by atoms with Crippen molar-refractivity contribution in [3.8, 4) is 0 Å². The number of para-hydroxylation sites is 2. The van der Waals surface area contributed by atoms with Crippen LogP contribution in [-0.4, -0.2) is 9.98 Å². The zero-order valence-corrected chi connectivity index (χ0v) is 13.8. The Kier molecular flexibility index (Phi) is 5.42. The van der Waals surface area contributed by atoms with Crippen molar-refractivity contribution in [1.29, 1.82) is 0 Å². The first-order chi connectivity index (χ1) is 10.1. The lowest BCUT2D eigenvalue weighted by molar-refractivity contribution is 1.43. The lowest BCUT2D eigenvalue weighted by Crippen LogP contribution is -2.19. The minimum atomic E-state index is 0.535. The molecule has 0 aliphatic carbocycles. The molecule has 0 radical (unpaired) electrons. The number of nitrogens with one attached hydrogen (secondary N) is 2. The maximum Gasteiger partial charge on any atom is 0.0865 e. The summed E-state index contributed by atoms with van der Waals surface area (Å²) in [6.07, 6.45) is 0.535. The summed E-state index contributed by atoms with van der Waals surface area (Å²) in [7, 11) is 0. The van der Waals surface area contributed by atoms with Crippen molar-refractivity contribution < 1.29 is 0 Å². The van der Waals surface area contributed by atoms with E-state index in [4.69, 9.17) is 24.4 Å². The van der Waals surface area contributed by atoms with Crippen LogP contribution in [-0.2, 0) is 0 Å². The largest absolute Gasteiger partial charge is 0.349 e. The molecule has 2 aromatic rings. The van der Waals surface area contributed by atoms with Crippen molar-refractivity contribution in [3.05, 3.63) is 59.7 Å². The second-order valence-corrected chi connectivity index (χ2v) is 5.89. The second-order valence-electron chi connectivity index (χ2n) is 4.90. The van der Waals surface area contributed by atoms with Crippen molar-refractivity contribution in [1.82, 2.24) is 0 Å². The van der Waals surface area contributed by atoms with Gasteiger partial charge in [-0.3, -0.25) is 0 Å². The summed E-state index contributed by atoms with van der Waals surface area (Å²) >= 11 is 10.8. The molecule has 0 bridgehead atoms. The number of aryl methyl sites for hydroxylation is 2. The third kappa shape index (κ3) is 4.62. The molecule has 0 aromatic heterocycles. The highest BCUT2D eigenvalue weighted by molar-refractivity contribution is 7.82. The molecule has 0 spiro atoms. The highest BCUT2D eigenvalue weighted by Gasteiger charge is 2.06. The monoisotopic (exact) mass is 314 g/mol. The van der Waals surface area contributed by atoms with Crippen molar-refractivity contribution >= 4 is 45.8 Å². The Morgan fingerprint density at radius 2 is 1.14 bits per heavy atom. The van der Waals surface area contributed by atoms with Crippen molar-refractivity contribution in [3.63, 3.8) is 0 Å². The predicted octanol–water partition coefficient (Wildman–Crippen LogP) is 4.87. The molecule has 2 rings (SSSR count). The van der Waals surface area contributed by atoms with Gasteiger partial charge in [0.25, 0.3) is 0 Å². The van der Waals surface area contributed by atoms with Gasteiger partial charge in [-0.25, -0.2) is 0 Å². The molecule has 0 amide bonds. The van der Waals surface area contributed by atoms with Gasteiger partial charge >= 0.3 is 0 Å². The fraction of sp³-hybridized carbons (Fsp3) is 0.176. The van der Waals surface area contributed by atoms with Crippen LogP contribution in [0.1, 0.15) is 17.5 Å². The van der Waals surface area contributed by atoms with E-state index >= 15 is 0 Å². The van der Waals surface area contributed by atoms with Crippen molar-refractivity contribution in [2.45, 2.75) is 20.3 Å². The van der Waals surface area contributed by atoms with Gasteiger partial charge in [0.2, 0.25) is 0 Å². The third-order valence-corrected chi connectivity index (χ3v) is 3.65. The summed E-state index contributed by atoms with van der Waals surface area (Å²) < 4.78 is 0. The number of hydrogen-bond acceptors (Lipinski definition) is 2. The molecule has 0 heterocycles. The number of anilines is 2. The third-order valence-electron chi connectivity index (χ3n) is 3.16. The van der Waals surface area contributed by atoms with Crippen LogP contribution < -0.4 is 10.6 Å². The van der Waals surface area contributed by atoms with Crippen LogP contribution in [0.15, 0.2) is 48.5 Å². The van der Waals surface area contributed by atoms with E-state index in [1.54, 1.807) is 0 Å². The topological polar surface area (TPSA) is 24.1 Å². The van der Waals surface area contributed by atoms with Crippen LogP contribution in [0.25, 0.3) is 0 Å². The average Bonchev–Trinajstić information content (AvgIpc) is 2.44. The molecule has 2 aromatic carbocycles. The SMILES string of the molecule is Cc1ccccc1NC(=S)CC(=S)Nc1ccccc1C. The van der Waals surface area contributed by atoms with Crippen LogP contribution in [0.2, 0.25) is 0 Å². The maximum atomic E-state index is 5.38. The van der Waals surface area contributed by atoms with Gasteiger partial charge in [0.15, 0.2) is 0 Å². The Bertz CT molecular complexity index is 608.